The van der Waals surface area contributed by atoms with Crippen molar-refractivity contribution in [3.05, 3.63) is 44.8 Å². The molecule has 2 nitrogen and oxygen atoms in total. The van der Waals surface area contributed by atoms with Gasteiger partial charge in [0.15, 0.2) is 0 Å². The van der Waals surface area contributed by atoms with Gasteiger partial charge in [-0.15, -0.1) is 22.7 Å². The Morgan fingerprint density at radius 1 is 1.10 bits per heavy atom. The number of hydrogen-bond acceptors (Lipinski definition) is 4. The number of thiophene rings is 2. The van der Waals surface area contributed by atoms with Crippen molar-refractivity contribution in [2.24, 2.45) is 0 Å². The van der Waals surface area contributed by atoms with Crippen LogP contribution in [-0.2, 0) is 12.8 Å². The molecule has 0 amide bonds. The predicted molar refractivity (Wildman–Crippen MR) is 91.0 cm³/mol. The summed E-state index contributed by atoms with van der Waals surface area (Å²) < 4.78 is 0. The van der Waals surface area contributed by atoms with Crippen LogP contribution in [0.25, 0.3) is 0 Å². The lowest BCUT2D eigenvalue weighted by molar-refractivity contribution is 0.257. The third kappa shape index (κ3) is 5.37. The third-order valence-corrected chi connectivity index (χ3v) is 5.43. The highest BCUT2D eigenvalue weighted by Crippen LogP contribution is 2.13. The summed E-state index contributed by atoms with van der Waals surface area (Å²) >= 11 is 3.70. The molecular formula is C16H24N2S2. The van der Waals surface area contributed by atoms with E-state index in [0.29, 0.717) is 6.04 Å². The fraction of sp³-hybridized carbons (Fsp3) is 0.500. The highest BCUT2D eigenvalue weighted by atomic mass is 32.1. The average molecular weight is 309 g/mol. The van der Waals surface area contributed by atoms with Gasteiger partial charge in [-0.1, -0.05) is 12.1 Å². The molecule has 110 valence electrons. The van der Waals surface area contributed by atoms with Gasteiger partial charge in [-0.3, -0.25) is 0 Å². The Balaban J connectivity index is 1.56. The van der Waals surface area contributed by atoms with Gasteiger partial charge in [-0.05, 0) is 49.7 Å². The van der Waals surface area contributed by atoms with Gasteiger partial charge >= 0.3 is 0 Å². The van der Waals surface area contributed by atoms with E-state index in [1.54, 1.807) is 0 Å². The normalized spacial score (nSPS) is 12.9. The van der Waals surface area contributed by atoms with Crippen LogP contribution in [0.3, 0.4) is 0 Å². The molecular weight excluding hydrogens is 284 g/mol. The van der Waals surface area contributed by atoms with Gasteiger partial charge < -0.3 is 10.2 Å². The fourth-order valence-electron chi connectivity index (χ4n) is 2.14. The molecule has 0 aliphatic rings. The molecule has 0 saturated heterocycles. The van der Waals surface area contributed by atoms with E-state index in [-0.39, 0.29) is 0 Å². The second kappa shape index (κ2) is 8.57. The molecule has 0 aliphatic heterocycles. The van der Waals surface area contributed by atoms with E-state index in [1.807, 2.05) is 22.7 Å². The van der Waals surface area contributed by atoms with Crippen molar-refractivity contribution in [3.63, 3.8) is 0 Å². The van der Waals surface area contributed by atoms with Gasteiger partial charge in [0, 0.05) is 35.4 Å². The van der Waals surface area contributed by atoms with Crippen molar-refractivity contribution in [1.82, 2.24) is 10.2 Å². The van der Waals surface area contributed by atoms with Crippen molar-refractivity contribution in [1.29, 1.82) is 0 Å². The quantitative estimate of drug-likeness (QED) is 0.713. The molecule has 0 radical (unpaired) electrons. The van der Waals surface area contributed by atoms with Gasteiger partial charge in [0.25, 0.3) is 0 Å². The van der Waals surface area contributed by atoms with Gasteiger partial charge in [0.2, 0.25) is 0 Å². The second-order valence-corrected chi connectivity index (χ2v) is 7.26. The van der Waals surface area contributed by atoms with Crippen molar-refractivity contribution in [2.45, 2.75) is 25.8 Å². The van der Waals surface area contributed by atoms with Crippen LogP contribution in [0.5, 0.6) is 0 Å². The van der Waals surface area contributed by atoms with Crippen LogP contribution < -0.4 is 5.32 Å². The minimum atomic E-state index is 0.604. The maximum Gasteiger partial charge on any atom is 0.0113 e. The predicted octanol–water partition coefficient (Wildman–Crippen LogP) is 3.50. The lowest BCUT2D eigenvalue weighted by Crippen LogP contribution is -2.36. The first-order valence-corrected chi connectivity index (χ1v) is 8.97. The number of likely N-dealkylation sites (N-methyl/N-ethyl adjacent to an activating group) is 1. The molecule has 0 saturated carbocycles. The molecule has 0 aromatic carbocycles. The molecule has 0 bridgehead atoms. The SMILES string of the molecule is CC(Cc1cccs1)N(C)CCNCCc1cccs1. The van der Waals surface area contributed by atoms with Crippen molar-refractivity contribution < 1.29 is 0 Å². The highest BCUT2D eigenvalue weighted by Gasteiger charge is 2.09. The maximum atomic E-state index is 3.54. The monoisotopic (exact) mass is 308 g/mol. The van der Waals surface area contributed by atoms with Crippen LogP contribution in [0.2, 0.25) is 0 Å². The lowest BCUT2D eigenvalue weighted by atomic mass is 10.2. The van der Waals surface area contributed by atoms with Gasteiger partial charge in [0.05, 0.1) is 0 Å². The Hall–Kier alpha value is -0.680. The van der Waals surface area contributed by atoms with Crippen LogP contribution in [0.1, 0.15) is 16.7 Å². The molecule has 2 rings (SSSR count). The first kappa shape index (κ1) is 15.7. The first-order chi connectivity index (χ1) is 9.75. The summed E-state index contributed by atoms with van der Waals surface area (Å²) in [6, 6.07) is 9.31. The number of hydrogen-bond donors (Lipinski definition) is 1. The van der Waals surface area contributed by atoms with E-state index in [9.17, 15) is 0 Å². The number of nitrogens with one attached hydrogen (secondary N) is 1. The Bertz CT molecular complexity index is 451. The van der Waals surface area contributed by atoms with Crippen LogP contribution in [0.4, 0.5) is 0 Å². The molecule has 2 aromatic heterocycles. The summed E-state index contributed by atoms with van der Waals surface area (Å²) in [6.07, 6.45) is 2.30. The third-order valence-electron chi connectivity index (χ3n) is 3.60. The van der Waals surface area contributed by atoms with Gasteiger partial charge in [-0.25, -0.2) is 0 Å². The lowest BCUT2D eigenvalue weighted by Gasteiger charge is -2.24. The van der Waals surface area contributed by atoms with E-state index in [2.05, 4.69) is 59.2 Å². The van der Waals surface area contributed by atoms with E-state index in [0.717, 1.165) is 32.5 Å². The number of rotatable bonds is 9. The molecule has 1 unspecified atom stereocenters. The summed E-state index contributed by atoms with van der Waals surface area (Å²) in [5, 5.41) is 7.84. The minimum absolute atomic E-state index is 0.604. The first-order valence-electron chi connectivity index (χ1n) is 7.21. The smallest absolute Gasteiger partial charge is 0.0113 e. The number of nitrogens with zero attached hydrogens (tertiary/aromatic N) is 1. The Morgan fingerprint density at radius 3 is 2.45 bits per heavy atom. The summed E-state index contributed by atoms with van der Waals surface area (Å²) in [6.45, 7) is 5.56. The van der Waals surface area contributed by atoms with E-state index >= 15 is 0 Å². The van der Waals surface area contributed by atoms with Crippen LogP contribution >= 0.6 is 22.7 Å². The largest absolute Gasteiger partial charge is 0.315 e. The summed E-state index contributed by atoms with van der Waals surface area (Å²) in [5.74, 6) is 0. The highest BCUT2D eigenvalue weighted by molar-refractivity contribution is 7.10. The van der Waals surface area contributed by atoms with Crippen molar-refractivity contribution in [3.8, 4) is 0 Å². The Kier molecular flexibility index (Phi) is 6.73. The molecule has 0 aliphatic carbocycles. The molecule has 2 aromatic rings. The molecule has 1 atom stereocenters. The Labute approximate surface area is 130 Å². The zero-order chi connectivity index (χ0) is 14.2. The molecule has 0 fully saturated rings. The standard InChI is InChI=1S/C16H24N2S2/c1-14(13-16-6-4-12-20-16)18(2)10-9-17-8-7-15-5-3-11-19-15/h3-6,11-12,14,17H,7-10,13H2,1-2H3. The van der Waals surface area contributed by atoms with Crippen molar-refractivity contribution in [2.75, 3.05) is 26.7 Å². The zero-order valence-corrected chi connectivity index (χ0v) is 14.0. The molecule has 0 spiro atoms. The maximum absolute atomic E-state index is 3.54. The summed E-state index contributed by atoms with van der Waals surface area (Å²) in [4.78, 5) is 5.39. The fourth-order valence-corrected chi connectivity index (χ4v) is 3.68. The Morgan fingerprint density at radius 2 is 1.80 bits per heavy atom. The molecule has 1 N–H and O–H groups in total. The van der Waals surface area contributed by atoms with Gasteiger partial charge in [-0.2, -0.15) is 0 Å². The van der Waals surface area contributed by atoms with Crippen LogP contribution in [0, 0.1) is 0 Å². The summed E-state index contributed by atoms with van der Waals surface area (Å²) in [5.41, 5.74) is 0. The zero-order valence-electron chi connectivity index (χ0n) is 12.3. The van der Waals surface area contributed by atoms with Crippen LogP contribution in [0.15, 0.2) is 35.0 Å². The second-order valence-electron chi connectivity index (χ2n) is 5.19. The topological polar surface area (TPSA) is 15.3 Å². The molecule has 4 heteroatoms. The molecule has 2 heterocycles. The van der Waals surface area contributed by atoms with Crippen molar-refractivity contribution >= 4 is 22.7 Å². The molecule has 20 heavy (non-hydrogen) atoms. The van der Waals surface area contributed by atoms with E-state index in [1.165, 1.54) is 9.75 Å². The van der Waals surface area contributed by atoms with E-state index < -0.39 is 0 Å². The summed E-state index contributed by atoms with van der Waals surface area (Å²) in [7, 11) is 2.22. The minimum Gasteiger partial charge on any atom is -0.315 e. The van der Waals surface area contributed by atoms with Gasteiger partial charge in [0.1, 0.15) is 0 Å². The van der Waals surface area contributed by atoms with E-state index in [4.69, 9.17) is 0 Å². The average Bonchev–Trinajstić information content (AvgIpc) is 3.11. The van der Waals surface area contributed by atoms with Crippen LogP contribution in [-0.4, -0.2) is 37.6 Å².